The highest BCUT2D eigenvalue weighted by Gasteiger charge is 2.38. The molecule has 2 nitrogen and oxygen atoms in total. The standard InChI is InChI=1S/C17H16O2/c1-13(14-9-5-3-6-10-14)17(2,16(18)19)15-11-7-4-8-12-15/h3-12H,1H2,2H3,(H,18,19). The van der Waals surface area contributed by atoms with Gasteiger partial charge in [-0.25, -0.2) is 0 Å². The average molecular weight is 252 g/mol. The Kier molecular flexibility index (Phi) is 3.52. The number of hydrogen-bond acceptors (Lipinski definition) is 1. The zero-order valence-corrected chi connectivity index (χ0v) is 10.8. The molecule has 0 heterocycles. The van der Waals surface area contributed by atoms with Crippen molar-refractivity contribution >= 4 is 11.5 Å². The molecule has 0 radical (unpaired) electrons. The highest BCUT2D eigenvalue weighted by atomic mass is 16.4. The molecule has 2 heteroatoms. The molecule has 0 saturated carbocycles. The van der Waals surface area contributed by atoms with Crippen LogP contribution >= 0.6 is 0 Å². The number of carboxylic acid groups (broad SMARTS) is 1. The lowest BCUT2D eigenvalue weighted by atomic mass is 9.74. The molecule has 2 aromatic rings. The average Bonchev–Trinajstić information content (AvgIpc) is 2.47. The summed E-state index contributed by atoms with van der Waals surface area (Å²) in [6, 6.07) is 18.6. The van der Waals surface area contributed by atoms with Gasteiger partial charge in [0.15, 0.2) is 0 Å². The lowest BCUT2D eigenvalue weighted by Crippen LogP contribution is -2.33. The van der Waals surface area contributed by atoms with Gasteiger partial charge >= 0.3 is 5.97 Å². The van der Waals surface area contributed by atoms with Crippen LogP contribution < -0.4 is 0 Å². The van der Waals surface area contributed by atoms with Gasteiger partial charge in [0.05, 0.1) is 0 Å². The van der Waals surface area contributed by atoms with Crippen molar-refractivity contribution in [2.45, 2.75) is 12.3 Å². The lowest BCUT2D eigenvalue weighted by molar-refractivity contribution is -0.140. The Hall–Kier alpha value is -2.35. The van der Waals surface area contributed by atoms with Gasteiger partial charge in [-0.3, -0.25) is 4.79 Å². The zero-order chi connectivity index (χ0) is 13.9. The number of benzene rings is 2. The molecule has 0 aliphatic rings. The summed E-state index contributed by atoms with van der Waals surface area (Å²) >= 11 is 0. The summed E-state index contributed by atoms with van der Waals surface area (Å²) in [6.07, 6.45) is 0. The molecule has 96 valence electrons. The van der Waals surface area contributed by atoms with Gasteiger partial charge in [0.2, 0.25) is 0 Å². The topological polar surface area (TPSA) is 37.3 Å². The molecule has 0 saturated heterocycles. The Morgan fingerprint density at radius 1 is 1.00 bits per heavy atom. The van der Waals surface area contributed by atoms with Crippen LogP contribution in [0.3, 0.4) is 0 Å². The summed E-state index contributed by atoms with van der Waals surface area (Å²) in [7, 11) is 0. The van der Waals surface area contributed by atoms with Gasteiger partial charge in [0.1, 0.15) is 5.41 Å². The lowest BCUT2D eigenvalue weighted by Gasteiger charge is -2.28. The normalized spacial score (nSPS) is 13.5. The van der Waals surface area contributed by atoms with E-state index in [4.69, 9.17) is 0 Å². The molecule has 0 aromatic heterocycles. The van der Waals surface area contributed by atoms with Gasteiger partial charge in [-0.05, 0) is 23.6 Å². The van der Waals surface area contributed by atoms with Crippen molar-refractivity contribution in [1.82, 2.24) is 0 Å². The van der Waals surface area contributed by atoms with Crippen LogP contribution in [0.4, 0.5) is 0 Å². The minimum absolute atomic E-state index is 0.590. The predicted octanol–water partition coefficient (Wildman–Crippen LogP) is 3.74. The minimum atomic E-state index is -1.12. The number of hydrogen-bond donors (Lipinski definition) is 1. The van der Waals surface area contributed by atoms with Gasteiger partial charge in [-0.1, -0.05) is 67.2 Å². The van der Waals surface area contributed by atoms with E-state index in [9.17, 15) is 9.90 Å². The fourth-order valence-corrected chi connectivity index (χ4v) is 2.13. The first-order valence-corrected chi connectivity index (χ1v) is 6.10. The molecule has 2 aromatic carbocycles. The molecule has 1 unspecified atom stereocenters. The maximum Gasteiger partial charge on any atom is 0.318 e. The summed E-state index contributed by atoms with van der Waals surface area (Å²) in [6.45, 7) is 5.71. The van der Waals surface area contributed by atoms with Crippen LogP contribution in [0.1, 0.15) is 18.1 Å². The van der Waals surface area contributed by atoms with Crippen molar-refractivity contribution in [2.24, 2.45) is 0 Å². The van der Waals surface area contributed by atoms with Crippen LogP contribution in [0.2, 0.25) is 0 Å². The largest absolute Gasteiger partial charge is 0.480 e. The van der Waals surface area contributed by atoms with Crippen LogP contribution in [0.25, 0.3) is 5.57 Å². The van der Waals surface area contributed by atoms with E-state index in [2.05, 4.69) is 6.58 Å². The zero-order valence-electron chi connectivity index (χ0n) is 10.8. The molecule has 0 amide bonds. The third kappa shape index (κ3) is 2.29. The van der Waals surface area contributed by atoms with Crippen molar-refractivity contribution in [3.05, 3.63) is 78.4 Å². The maximum atomic E-state index is 11.8. The van der Waals surface area contributed by atoms with Crippen LogP contribution in [-0.2, 0) is 10.2 Å². The van der Waals surface area contributed by atoms with Gasteiger partial charge in [0.25, 0.3) is 0 Å². The first kappa shape index (κ1) is 13.1. The molecule has 0 aliphatic carbocycles. The van der Waals surface area contributed by atoms with E-state index in [0.717, 1.165) is 11.1 Å². The Labute approximate surface area is 113 Å². The van der Waals surface area contributed by atoms with E-state index in [-0.39, 0.29) is 0 Å². The molecule has 1 N–H and O–H groups in total. The van der Waals surface area contributed by atoms with Crippen molar-refractivity contribution in [1.29, 1.82) is 0 Å². The van der Waals surface area contributed by atoms with E-state index >= 15 is 0 Å². The molecule has 0 fully saturated rings. The smallest absolute Gasteiger partial charge is 0.318 e. The number of aliphatic carboxylic acids is 1. The summed E-state index contributed by atoms with van der Waals surface area (Å²) in [5, 5.41) is 9.66. The molecule has 2 rings (SSSR count). The minimum Gasteiger partial charge on any atom is -0.480 e. The number of carbonyl (C=O) groups is 1. The second-order valence-corrected chi connectivity index (χ2v) is 4.64. The monoisotopic (exact) mass is 252 g/mol. The molecule has 0 spiro atoms. The van der Waals surface area contributed by atoms with Crippen LogP contribution in [0, 0.1) is 0 Å². The summed E-state index contributed by atoms with van der Waals surface area (Å²) in [5.74, 6) is -0.896. The van der Waals surface area contributed by atoms with Crippen LogP contribution in [0.15, 0.2) is 67.2 Å². The van der Waals surface area contributed by atoms with Crippen molar-refractivity contribution in [3.63, 3.8) is 0 Å². The van der Waals surface area contributed by atoms with Gasteiger partial charge in [-0.2, -0.15) is 0 Å². The first-order valence-electron chi connectivity index (χ1n) is 6.10. The molecule has 0 bridgehead atoms. The Bertz CT molecular complexity index is 587. The van der Waals surface area contributed by atoms with Crippen molar-refractivity contribution in [3.8, 4) is 0 Å². The SMILES string of the molecule is C=C(c1ccccc1)C(C)(C(=O)O)c1ccccc1. The second-order valence-electron chi connectivity index (χ2n) is 4.64. The molecular formula is C17H16O2. The van der Waals surface area contributed by atoms with E-state index in [1.165, 1.54) is 0 Å². The van der Waals surface area contributed by atoms with E-state index in [0.29, 0.717) is 5.57 Å². The summed E-state index contributed by atoms with van der Waals surface area (Å²) < 4.78 is 0. The van der Waals surface area contributed by atoms with E-state index in [1.807, 2.05) is 60.7 Å². The molecule has 0 aliphatic heterocycles. The van der Waals surface area contributed by atoms with E-state index < -0.39 is 11.4 Å². The Morgan fingerprint density at radius 3 is 1.95 bits per heavy atom. The fourth-order valence-electron chi connectivity index (χ4n) is 2.13. The fraction of sp³-hybridized carbons (Fsp3) is 0.118. The highest BCUT2D eigenvalue weighted by molar-refractivity contribution is 5.97. The highest BCUT2D eigenvalue weighted by Crippen LogP contribution is 2.37. The predicted molar refractivity (Wildman–Crippen MR) is 76.9 cm³/mol. The first-order chi connectivity index (χ1) is 9.06. The van der Waals surface area contributed by atoms with E-state index in [1.54, 1.807) is 6.92 Å². The number of carboxylic acids is 1. The third-order valence-electron chi connectivity index (χ3n) is 3.50. The Balaban J connectivity index is 2.53. The quantitative estimate of drug-likeness (QED) is 0.900. The van der Waals surface area contributed by atoms with Crippen molar-refractivity contribution < 1.29 is 9.90 Å². The second kappa shape index (κ2) is 5.11. The number of rotatable bonds is 4. The Morgan fingerprint density at radius 2 is 1.47 bits per heavy atom. The molecular weight excluding hydrogens is 236 g/mol. The molecule has 1 atom stereocenters. The van der Waals surface area contributed by atoms with Crippen LogP contribution in [-0.4, -0.2) is 11.1 Å². The van der Waals surface area contributed by atoms with Crippen LogP contribution in [0.5, 0.6) is 0 Å². The van der Waals surface area contributed by atoms with Gasteiger partial charge < -0.3 is 5.11 Å². The van der Waals surface area contributed by atoms with Crippen molar-refractivity contribution in [2.75, 3.05) is 0 Å². The summed E-state index contributed by atoms with van der Waals surface area (Å²) in [5.41, 5.74) is 1.04. The van der Waals surface area contributed by atoms with Gasteiger partial charge in [0, 0.05) is 0 Å². The van der Waals surface area contributed by atoms with Gasteiger partial charge in [-0.15, -0.1) is 0 Å². The molecule has 19 heavy (non-hydrogen) atoms. The third-order valence-corrected chi connectivity index (χ3v) is 3.50. The summed E-state index contributed by atoms with van der Waals surface area (Å²) in [4.78, 5) is 11.8. The maximum absolute atomic E-state index is 11.8.